The van der Waals surface area contributed by atoms with Gasteiger partial charge in [0.25, 0.3) is 25.8 Å². The normalized spacial score (nSPS) is 19.6. The summed E-state index contributed by atoms with van der Waals surface area (Å²) in [5.74, 6) is -0.473. The molecule has 1 aliphatic carbocycles. The van der Waals surface area contributed by atoms with Crippen LogP contribution in [0.3, 0.4) is 0 Å². The summed E-state index contributed by atoms with van der Waals surface area (Å²) in [7, 11) is -9.66. The molecular formula is C58H69ClF3N9O8S3. The standard InChI is InChI=1S/C58H69ClF3N9O8S3/c1-57(41-69-28-32-71(33-29-69)54-20-19-52(64-65-54)56(73)78-2)23-21-50(42-9-13-45(59)14-10-42)44(38-57)39-68-26-30-70(31-27-68)47-15-11-43(12-16-47)55(72)66-82(76,77)49-17-18-51(53(37-49)81(74,75)58(60,61)62)63-46(40-80-48-7-4-3-5-8-48)22-25-67-24-6-35-79-36-34-67/h3-5,7-20,37,46,63H,6,21-36,38-41H2,1-2H3,(H,66,72)/t46?,57-/m1/s1. The van der Waals surface area contributed by atoms with Gasteiger partial charge in [-0.05, 0) is 128 Å². The van der Waals surface area contributed by atoms with Crippen LogP contribution in [0.1, 0.15) is 65.4 Å². The lowest BCUT2D eigenvalue weighted by Gasteiger charge is -2.44. The van der Waals surface area contributed by atoms with E-state index in [1.165, 1.54) is 47.7 Å². The topological polar surface area (TPSA) is 187 Å². The zero-order chi connectivity index (χ0) is 58.1. The molecule has 1 unspecified atom stereocenters. The number of hydrogen-bond donors (Lipinski definition) is 2. The fourth-order valence-electron chi connectivity index (χ4n) is 11.1. The number of allylic oxidation sites excluding steroid dienone is 1. The van der Waals surface area contributed by atoms with Gasteiger partial charge in [-0.2, -0.15) is 13.2 Å². The summed E-state index contributed by atoms with van der Waals surface area (Å²) in [5.41, 5.74) is -1.21. The highest BCUT2D eigenvalue weighted by molar-refractivity contribution is 7.99. The average molecular weight is 1210 g/mol. The molecule has 0 bridgehead atoms. The molecule has 82 heavy (non-hydrogen) atoms. The van der Waals surface area contributed by atoms with Crippen molar-refractivity contribution in [1.82, 2.24) is 29.6 Å². The number of sulfonamides is 1. The summed E-state index contributed by atoms with van der Waals surface area (Å²) in [5, 5.41) is 12.0. The van der Waals surface area contributed by atoms with E-state index in [0.717, 1.165) is 113 Å². The monoisotopic (exact) mass is 1210 g/mol. The third-order valence-corrected chi connectivity index (χ3v) is 19.9. The Morgan fingerprint density at radius 1 is 0.805 bits per heavy atom. The van der Waals surface area contributed by atoms with Crippen molar-refractivity contribution in [3.05, 3.63) is 137 Å². The Balaban J connectivity index is 0.824. The predicted molar refractivity (Wildman–Crippen MR) is 313 cm³/mol. The first-order valence-electron chi connectivity index (χ1n) is 27.5. The van der Waals surface area contributed by atoms with E-state index in [0.29, 0.717) is 62.7 Å². The third kappa shape index (κ3) is 15.5. The van der Waals surface area contributed by atoms with Crippen LogP contribution in [0.15, 0.2) is 129 Å². The first-order valence-corrected chi connectivity index (χ1v) is 31.8. The summed E-state index contributed by atoms with van der Waals surface area (Å²) in [4.78, 5) is 35.8. The Hall–Kier alpha value is -5.79. The van der Waals surface area contributed by atoms with Crippen LogP contribution in [-0.4, -0.2) is 176 Å². The molecule has 0 spiro atoms. The van der Waals surface area contributed by atoms with Crippen LogP contribution in [0.4, 0.5) is 30.4 Å². The summed E-state index contributed by atoms with van der Waals surface area (Å²) in [6.45, 7) is 13.5. The number of piperazine rings is 2. The summed E-state index contributed by atoms with van der Waals surface area (Å²) in [6.07, 6.45) is 4.16. The summed E-state index contributed by atoms with van der Waals surface area (Å²) in [6, 6.07) is 29.2. The van der Waals surface area contributed by atoms with E-state index < -0.39 is 58.8 Å². The lowest BCUT2D eigenvalue weighted by Crippen LogP contribution is -2.50. The number of thioether (sulfide) groups is 1. The fraction of sp³-hybridized carbons (Fsp3) is 0.448. The Kier molecular flexibility index (Phi) is 19.9. The number of aromatic nitrogens is 2. The molecule has 4 heterocycles. The molecule has 9 rings (SSSR count). The molecule has 0 radical (unpaired) electrons. The molecule has 17 nitrogen and oxygen atoms in total. The highest BCUT2D eigenvalue weighted by atomic mass is 35.5. The quantitative estimate of drug-likeness (QED) is 0.0557. The van der Waals surface area contributed by atoms with Gasteiger partial charge >= 0.3 is 11.5 Å². The number of esters is 1. The number of hydrogen-bond acceptors (Lipinski definition) is 17. The molecule has 2 atom stereocenters. The van der Waals surface area contributed by atoms with Crippen molar-refractivity contribution in [2.45, 2.75) is 65.3 Å². The summed E-state index contributed by atoms with van der Waals surface area (Å²) < 4.78 is 109. The van der Waals surface area contributed by atoms with Gasteiger partial charge in [0.15, 0.2) is 11.5 Å². The number of sulfone groups is 1. The van der Waals surface area contributed by atoms with Gasteiger partial charge in [-0.1, -0.05) is 54.4 Å². The molecule has 24 heteroatoms. The highest BCUT2D eigenvalue weighted by Gasteiger charge is 2.49. The second-order valence-corrected chi connectivity index (χ2v) is 26.6. The van der Waals surface area contributed by atoms with E-state index in [1.54, 1.807) is 18.2 Å². The number of amides is 1. The smallest absolute Gasteiger partial charge is 0.464 e. The number of carbonyl (C=O) groups excluding carboxylic acids is 2. The number of rotatable bonds is 20. The van der Waals surface area contributed by atoms with Crippen LogP contribution in [0.2, 0.25) is 5.02 Å². The SMILES string of the molecule is COC(=O)c1ccc(N2CCN(C[C@]3(C)CCC(c4ccc(Cl)cc4)=C(CN4CCN(c5ccc(C(=O)NS(=O)(=O)c6ccc(NC(CCN7CCCOCC7)CSc7ccccc7)c(S(=O)(=O)C(F)(F)F)c6)cc5)CC4)C3)CC2)nn1. The van der Waals surface area contributed by atoms with E-state index in [-0.39, 0.29) is 16.7 Å². The molecule has 5 aromatic rings. The van der Waals surface area contributed by atoms with E-state index in [2.05, 4.69) is 59.1 Å². The maximum atomic E-state index is 14.3. The Bertz CT molecular complexity index is 3250. The lowest BCUT2D eigenvalue weighted by molar-refractivity contribution is -0.0436. The van der Waals surface area contributed by atoms with Crippen molar-refractivity contribution in [1.29, 1.82) is 0 Å². The Morgan fingerprint density at radius 2 is 1.51 bits per heavy atom. The van der Waals surface area contributed by atoms with Crippen molar-refractivity contribution in [2.75, 3.05) is 126 Å². The van der Waals surface area contributed by atoms with E-state index >= 15 is 0 Å². The first kappa shape index (κ1) is 60.8. The van der Waals surface area contributed by atoms with Crippen molar-refractivity contribution in [3.63, 3.8) is 0 Å². The molecule has 4 aliphatic rings. The number of halogens is 4. The average Bonchev–Trinajstić information content (AvgIpc) is 3.87. The predicted octanol–water partition coefficient (Wildman–Crippen LogP) is 8.60. The molecule has 3 saturated heterocycles. The van der Waals surface area contributed by atoms with Crippen LogP contribution in [0.25, 0.3) is 5.57 Å². The molecule has 3 fully saturated rings. The van der Waals surface area contributed by atoms with Crippen molar-refractivity contribution in [2.24, 2.45) is 5.41 Å². The van der Waals surface area contributed by atoms with Gasteiger partial charge in [0, 0.05) is 125 Å². The van der Waals surface area contributed by atoms with Gasteiger partial charge in [-0.25, -0.2) is 26.4 Å². The fourth-order valence-corrected chi connectivity index (χ4v) is 14.2. The molecule has 3 aliphatic heterocycles. The van der Waals surface area contributed by atoms with Gasteiger partial charge in [0.1, 0.15) is 4.90 Å². The lowest BCUT2D eigenvalue weighted by atomic mass is 9.71. The van der Waals surface area contributed by atoms with Crippen LogP contribution in [0, 0.1) is 5.41 Å². The maximum Gasteiger partial charge on any atom is 0.501 e. The van der Waals surface area contributed by atoms with Crippen molar-refractivity contribution >= 4 is 77.9 Å². The van der Waals surface area contributed by atoms with Crippen LogP contribution < -0.4 is 19.8 Å². The highest BCUT2D eigenvalue weighted by Crippen LogP contribution is 2.44. The zero-order valence-corrected chi connectivity index (χ0v) is 49.2. The molecule has 2 N–H and O–H groups in total. The molecule has 1 aromatic heterocycles. The minimum atomic E-state index is -6.09. The number of carbonyl (C=O) groups is 2. The number of nitrogens with one attached hydrogen (secondary N) is 2. The number of benzene rings is 4. The van der Waals surface area contributed by atoms with Crippen LogP contribution >= 0.6 is 23.4 Å². The Labute approximate surface area is 487 Å². The summed E-state index contributed by atoms with van der Waals surface area (Å²) >= 11 is 7.79. The van der Waals surface area contributed by atoms with Crippen molar-refractivity contribution in [3.8, 4) is 0 Å². The molecule has 0 saturated carbocycles. The number of alkyl halides is 3. The molecule has 4 aromatic carbocycles. The molecule has 440 valence electrons. The van der Waals surface area contributed by atoms with Gasteiger partial charge in [-0.15, -0.1) is 22.0 Å². The Morgan fingerprint density at radius 3 is 2.20 bits per heavy atom. The molecular weight excluding hydrogens is 1140 g/mol. The number of nitrogens with zero attached hydrogens (tertiary/aromatic N) is 7. The zero-order valence-electron chi connectivity index (χ0n) is 46.0. The minimum Gasteiger partial charge on any atom is -0.464 e. The minimum absolute atomic E-state index is 0.0212. The second-order valence-electron chi connectivity index (χ2n) is 21.5. The van der Waals surface area contributed by atoms with E-state index in [4.69, 9.17) is 21.1 Å². The largest absolute Gasteiger partial charge is 0.501 e. The number of ether oxygens (including phenoxy) is 2. The van der Waals surface area contributed by atoms with Gasteiger partial charge in [0.05, 0.1) is 24.3 Å². The van der Waals surface area contributed by atoms with Crippen molar-refractivity contribution < 1.29 is 49.1 Å². The maximum absolute atomic E-state index is 14.3. The number of methoxy groups -OCH3 is 1. The third-order valence-electron chi connectivity index (χ3n) is 15.6. The number of anilines is 3. The second kappa shape index (κ2) is 26.8. The van der Waals surface area contributed by atoms with Gasteiger partial charge < -0.3 is 29.5 Å². The van der Waals surface area contributed by atoms with E-state index in [9.17, 15) is 39.6 Å². The van der Waals surface area contributed by atoms with Gasteiger partial charge in [0.2, 0.25) is 0 Å². The van der Waals surface area contributed by atoms with Crippen LogP contribution in [0.5, 0.6) is 0 Å². The van der Waals surface area contributed by atoms with Crippen LogP contribution in [-0.2, 0) is 29.3 Å². The van der Waals surface area contributed by atoms with E-state index in [1.807, 2.05) is 53.3 Å². The molecule has 1 amide bonds. The first-order chi connectivity index (χ1) is 39.3. The van der Waals surface area contributed by atoms with Gasteiger partial charge in [-0.3, -0.25) is 14.6 Å².